The minimum atomic E-state index is 0.530. The number of nitrogens with zero attached hydrogens (tertiary/aromatic N) is 5. The van der Waals surface area contributed by atoms with Crippen LogP contribution in [0.25, 0.3) is 0 Å². The number of nitrogens with one attached hydrogen (secondary N) is 1. The Labute approximate surface area is 154 Å². The van der Waals surface area contributed by atoms with Gasteiger partial charge in [-0.2, -0.15) is 10.1 Å². The van der Waals surface area contributed by atoms with Crippen LogP contribution in [0.15, 0.2) is 30.5 Å². The van der Waals surface area contributed by atoms with Gasteiger partial charge < -0.3 is 19.9 Å². The first-order valence-corrected chi connectivity index (χ1v) is 9.42. The lowest BCUT2D eigenvalue weighted by Crippen LogP contribution is -2.47. The Morgan fingerprint density at radius 1 is 1.04 bits per heavy atom. The molecule has 1 N–H and O–H groups in total. The smallest absolute Gasteiger partial charge is 0.247 e. The van der Waals surface area contributed by atoms with Crippen LogP contribution in [0, 0.1) is 0 Å². The fourth-order valence-corrected chi connectivity index (χ4v) is 3.82. The number of aromatic nitrogens is 3. The van der Waals surface area contributed by atoms with Crippen LogP contribution in [-0.4, -0.2) is 54.5 Å². The monoisotopic (exact) mass is 354 g/mol. The molecule has 2 heterocycles. The van der Waals surface area contributed by atoms with Gasteiger partial charge in [-0.25, -0.2) is 0 Å². The fourth-order valence-electron chi connectivity index (χ4n) is 3.82. The standard InChI is InChI=1S/C19H26N6O/c1-26-17-9-5-4-8-16(17)24-10-12-25(13-11-24)19-22-18(14-20-23-19)21-15-6-2-3-7-15/h4-5,8-9,14-15H,2-3,6-7,10-13H2,1H3,(H,21,22,23). The largest absolute Gasteiger partial charge is 0.495 e. The first-order chi connectivity index (χ1) is 12.8. The van der Waals surface area contributed by atoms with E-state index in [1.54, 1.807) is 13.3 Å². The summed E-state index contributed by atoms with van der Waals surface area (Å²) in [5.74, 6) is 2.48. The van der Waals surface area contributed by atoms with Crippen LogP contribution in [0.4, 0.5) is 17.5 Å². The van der Waals surface area contributed by atoms with Crippen LogP contribution < -0.4 is 19.9 Å². The molecule has 1 saturated heterocycles. The summed E-state index contributed by atoms with van der Waals surface area (Å²) in [5, 5.41) is 11.9. The van der Waals surface area contributed by atoms with Gasteiger partial charge in [-0.05, 0) is 25.0 Å². The number of benzene rings is 1. The summed E-state index contributed by atoms with van der Waals surface area (Å²) in [6, 6.07) is 8.70. The van der Waals surface area contributed by atoms with E-state index >= 15 is 0 Å². The van der Waals surface area contributed by atoms with Gasteiger partial charge in [0.15, 0.2) is 5.82 Å². The van der Waals surface area contributed by atoms with Crippen molar-refractivity contribution >= 4 is 17.5 Å². The van der Waals surface area contributed by atoms with Crippen molar-refractivity contribution in [3.05, 3.63) is 30.5 Å². The van der Waals surface area contributed by atoms with E-state index in [1.807, 2.05) is 12.1 Å². The minimum Gasteiger partial charge on any atom is -0.495 e. The molecule has 0 radical (unpaired) electrons. The molecule has 1 aromatic heterocycles. The van der Waals surface area contributed by atoms with Gasteiger partial charge in [-0.1, -0.05) is 25.0 Å². The van der Waals surface area contributed by atoms with E-state index in [0.29, 0.717) is 12.0 Å². The average Bonchev–Trinajstić information content (AvgIpc) is 3.21. The maximum absolute atomic E-state index is 5.49. The van der Waals surface area contributed by atoms with Crippen molar-refractivity contribution in [2.24, 2.45) is 0 Å². The van der Waals surface area contributed by atoms with Gasteiger partial charge in [-0.3, -0.25) is 0 Å². The molecule has 7 nitrogen and oxygen atoms in total. The number of anilines is 3. The molecular weight excluding hydrogens is 328 g/mol. The highest BCUT2D eigenvalue weighted by Gasteiger charge is 2.22. The second-order valence-corrected chi connectivity index (χ2v) is 6.91. The molecular formula is C19H26N6O. The van der Waals surface area contributed by atoms with Crippen molar-refractivity contribution in [1.29, 1.82) is 0 Å². The van der Waals surface area contributed by atoms with E-state index in [0.717, 1.165) is 43.4 Å². The zero-order chi connectivity index (χ0) is 17.8. The highest BCUT2D eigenvalue weighted by molar-refractivity contribution is 5.59. The molecule has 138 valence electrons. The predicted molar refractivity (Wildman–Crippen MR) is 103 cm³/mol. The van der Waals surface area contributed by atoms with Crippen LogP contribution in [0.2, 0.25) is 0 Å². The first kappa shape index (κ1) is 16.9. The van der Waals surface area contributed by atoms with Crippen molar-refractivity contribution in [3.8, 4) is 5.75 Å². The number of para-hydroxylation sites is 2. The number of hydrogen-bond acceptors (Lipinski definition) is 7. The third kappa shape index (κ3) is 3.66. The van der Waals surface area contributed by atoms with Gasteiger partial charge in [0.25, 0.3) is 0 Å². The summed E-state index contributed by atoms with van der Waals surface area (Å²) in [6.07, 6.45) is 6.77. The SMILES string of the molecule is COc1ccccc1N1CCN(c2nncc(NC3CCCC3)n2)CC1. The van der Waals surface area contributed by atoms with Crippen LogP contribution in [-0.2, 0) is 0 Å². The lowest BCUT2D eigenvalue weighted by Gasteiger charge is -2.36. The topological polar surface area (TPSA) is 66.4 Å². The molecule has 1 aromatic carbocycles. The highest BCUT2D eigenvalue weighted by atomic mass is 16.5. The Bertz CT molecular complexity index is 725. The van der Waals surface area contributed by atoms with Crippen molar-refractivity contribution in [1.82, 2.24) is 15.2 Å². The summed E-state index contributed by atoms with van der Waals surface area (Å²) in [5.41, 5.74) is 1.14. The van der Waals surface area contributed by atoms with Crippen LogP contribution >= 0.6 is 0 Å². The van der Waals surface area contributed by atoms with Gasteiger partial charge in [-0.15, -0.1) is 5.10 Å². The summed E-state index contributed by atoms with van der Waals surface area (Å²) in [6.45, 7) is 3.55. The summed E-state index contributed by atoms with van der Waals surface area (Å²) in [7, 11) is 1.72. The van der Waals surface area contributed by atoms with E-state index in [4.69, 9.17) is 4.74 Å². The van der Waals surface area contributed by atoms with Gasteiger partial charge in [0.2, 0.25) is 5.95 Å². The maximum Gasteiger partial charge on any atom is 0.247 e. The molecule has 0 bridgehead atoms. The molecule has 2 aromatic rings. The molecule has 26 heavy (non-hydrogen) atoms. The van der Waals surface area contributed by atoms with E-state index < -0.39 is 0 Å². The lowest BCUT2D eigenvalue weighted by molar-refractivity contribution is 0.413. The van der Waals surface area contributed by atoms with Gasteiger partial charge in [0.05, 0.1) is 19.0 Å². The number of hydrogen-bond donors (Lipinski definition) is 1. The molecule has 2 aliphatic rings. The third-order valence-electron chi connectivity index (χ3n) is 5.24. The molecule has 0 amide bonds. The number of piperazine rings is 1. The normalized spacial score (nSPS) is 18.2. The fraction of sp³-hybridized carbons (Fsp3) is 0.526. The predicted octanol–water partition coefficient (Wildman–Crippen LogP) is 2.56. The Hall–Kier alpha value is -2.57. The molecule has 0 spiro atoms. The Balaban J connectivity index is 1.40. The molecule has 1 aliphatic heterocycles. The van der Waals surface area contributed by atoms with Gasteiger partial charge >= 0.3 is 0 Å². The molecule has 7 heteroatoms. The lowest BCUT2D eigenvalue weighted by atomic mass is 10.2. The van der Waals surface area contributed by atoms with E-state index in [9.17, 15) is 0 Å². The Morgan fingerprint density at radius 2 is 1.77 bits per heavy atom. The van der Waals surface area contributed by atoms with Gasteiger partial charge in [0, 0.05) is 32.2 Å². The molecule has 2 fully saturated rings. The summed E-state index contributed by atoms with van der Waals surface area (Å²) >= 11 is 0. The minimum absolute atomic E-state index is 0.530. The molecule has 1 aliphatic carbocycles. The maximum atomic E-state index is 5.49. The number of ether oxygens (including phenoxy) is 1. The third-order valence-corrected chi connectivity index (χ3v) is 5.24. The van der Waals surface area contributed by atoms with Crippen molar-refractivity contribution in [3.63, 3.8) is 0 Å². The average molecular weight is 354 g/mol. The highest BCUT2D eigenvalue weighted by Crippen LogP contribution is 2.29. The summed E-state index contributed by atoms with van der Waals surface area (Å²) < 4.78 is 5.49. The quantitative estimate of drug-likeness (QED) is 0.885. The second-order valence-electron chi connectivity index (χ2n) is 6.91. The number of rotatable bonds is 5. The van der Waals surface area contributed by atoms with Crippen LogP contribution in [0.5, 0.6) is 5.75 Å². The summed E-state index contributed by atoms with van der Waals surface area (Å²) in [4.78, 5) is 9.25. The number of methoxy groups -OCH3 is 1. The second kappa shape index (κ2) is 7.76. The molecule has 0 unspecified atom stereocenters. The molecule has 0 atom stereocenters. The van der Waals surface area contributed by atoms with Crippen molar-refractivity contribution < 1.29 is 4.74 Å². The molecule has 4 rings (SSSR count). The zero-order valence-corrected chi connectivity index (χ0v) is 15.3. The Kier molecular flexibility index (Phi) is 5.04. The van der Waals surface area contributed by atoms with Crippen LogP contribution in [0.1, 0.15) is 25.7 Å². The van der Waals surface area contributed by atoms with E-state index in [-0.39, 0.29) is 0 Å². The van der Waals surface area contributed by atoms with Crippen molar-refractivity contribution in [2.75, 3.05) is 48.4 Å². The molecule has 1 saturated carbocycles. The van der Waals surface area contributed by atoms with E-state index in [2.05, 4.69) is 42.4 Å². The van der Waals surface area contributed by atoms with E-state index in [1.165, 1.54) is 25.7 Å². The van der Waals surface area contributed by atoms with Crippen LogP contribution in [0.3, 0.4) is 0 Å². The zero-order valence-electron chi connectivity index (χ0n) is 15.3. The Morgan fingerprint density at radius 3 is 2.54 bits per heavy atom. The van der Waals surface area contributed by atoms with Crippen molar-refractivity contribution in [2.45, 2.75) is 31.7 Å². The van der Waals surface area contributed by atoms with Gasteiger partial charge in [0.1, 0.15) is 5.75 Å². The first-order valence-electron chi connectivity index (χ1n) is 9.42.